The van der Waals surface area contributed by atoms with Crippen molar-refractivity contribution < 1.29 is 0 Å². The molecule has 0 unspecified atom stereocenters. The number of nitrogens with zero attached hydrogens (tertiary/aromatic N) is 2. The minimum absolute atomic E-state index is 0.0181. The second-order valence-electron chi connectivity index (χ2n) is 30.7. The summed E-state index contributed by atoms with van der Waals surface area (Å²) in [6, 6.07) is 42.7. The number of rotatable bonds is 5. The molecule has 7 aliphatic rings. The lowest BCUT2D eigenvalue weighted by atomic mass is 9.35. The molecule has 2 aliphatic heterocycles. The third kappa shape index (κ3) is 7.65. The Labute approximate surface area is 462 Å². The minimum atomic E-state index is 0.0181. The minimum Gasteiger partial charge on any atom is -0.337 e. The largest absolute Gasteiger partial charge is 0.337 e. The Morgan fingerprint density at radius 1 is 0.526 bits per heavy atom. The highest BCUT2D eigenvalue weighted by Gasteiger charge is 2.51. The fourth-order valence-electron chi connectivity index (χ4n) is 15.7. The zero-order chi connectivity index (χ0) is 53.7. The first-order valence-electron chi connectivity index (χ1n) is 29.4. The van der Waals surface area contributed by atoms with Crippen LogP contribution in [0, 0.1) is 5.41 Å². The summed E-state index contributed by atoms with van der Waals surface area (Å²) in [5.74, 6) is 0. The maximum Gasteiger partial charge on any atom is 0.264 e. The quantitative estimate of drug-likeness (QED) is 0.159. The van der Waals surface area contributed by atoms with Gasteiger partial charge >= 0.3 is 0 Å². The van der Waals surface area contributed by atoms with Gasteiger partial charge in [0.1, 0.15) is 0 Å². The number of fused-ring (bicyclic) bond motifs is 10. The molecule has 3 heterocycles. The molecule has 1 aromatic heterocycles. The maximum absolute atomic E-state index is 2.86. The van der Waals surface area contributed by atoms with Crippen LogP contribution >= 0.6 is 11.3 Å². The van der Waals surface area contributed by atoms with Crippen LogP contribution < -0.4 is 25.5 Å². The van der Waals surface area contributed by atoms with Gasteiger partial charge in [-0.05, 0) is 216 Å². The SMILES string of the molecule is CC(C)(C)Cc1cc2c3c(c1)N(c1ccc4c(c1)C(C)(C)CCC4(C)C)c1cc4c(cc1B3c1sc3cc5c(cc3c1N2Cc1ccc(C(C)(C)C)cc1-c1ccccc1)C1(C)CCC5(C)CC1)C(C)(C)CCC4(C)C. The number of benzene rings is 6. The van der Waals surface area contributed by atoms with Gasteiger partial charge in [0.2, 0.25) is 0 Å². The van der Waals surface area contributed by atoms with Gasteiger partial charge in [-0.1, -0.05) is 171 Å². The second kappa shape index (κ2) is 16.3. The lowest BCUT2D eigenvalue weighted by Crippen LogP contribution is -2.61. The molecule has 76 heavy (non-hydrogen) atoms. The Balaban J connectivity index is 1.16. The van der Waals surface area contributed by atoms with Gasteiger partial charge in [0.25, 0.3) is 6.71 Å². The van der Waals surface area contributed by atoms with Gasteiger partial charge in [0.05, 0.1) is 5.69 Å². The van der Waals surface area contributed by atoms with E-state index in [1.54, 1.807) is 16.7 Å². The predicted molar refractivity (Wildman–Crippen MR) is 331 cm³/mol. The van der Waals surface area contributed by atoms with E-state index in [4.69, 9.17) is 0 Å². The van der Waals surface area contributed by atoms with E-state index in [1.165, 1.54) is 150 Å². The zero-order valence-electron chi connectivity index (χ0n) is 49.3. The zero-order valence-corrected chi connectivity index (χ0v) is 50.1. The molecule has 0 radical (unpaired) electrons. The van der Waals surface area contributed by atoms with Crippen molar-refractivity contribution in [2.24, 2.45) is 5.41 Å². The van der Waals surface area contributed by atoms with Gasteiger partial charge in [-0.2, -0.15) is 0 Å². The van der Waals surface area contributed by atoms with Gasteiger partial charge < -0.3 is 9.80 Å². The van der Waals surface area contributed by atoms with E-state index in [9.17, 15) is 0 Å². The van der Waals surface area contributed by atoms with Crippen LogP contribution in [-0.2, 0) is 50.9 Å². The van der Waals surface area contributed by atoms with Gasteiger partial charge in [-0.15, -0.1) is 11.3 Å². The van der Waals surface area contributed by atoms with Gasteiger partial charge in [0, 0.05) is 44.2 Å². The molecule has 0 amide bonds. The molecule has 6 aromatic carbocycles. The highest BCUT2D eigenvalue weighted by atomic mass is 32.1. The van der Waals surface area contributed by atoms with E-state index in [1.807, 2.05) is 0 Å². The topological polar surface area (TPSA) is 6.48 Å². The maximum atomic E-state index is 2.86. The van der Waals surface area contributed by atoms with Crippen LogP contribution in [0.4, 0.5) is 28.4 Å². The van der Waals surface area contributed by atoms with E-state index < -0.39 is 0 Å². The Kier molecular flexibility index (Phi) is 10.8. The van der Waals surface area contributed by atoms with Crippen molar-refractivity contribution >= 4 is 72.3 Å². The molecule has 5 aliphatic carbocycles. The summed E-state index contributed by atoms with van der Waals surface area (Å²) < 4.78 is 2.98. The second-order valence-corrected chi connectivity index (χ2v) is 31.8. The number of thiophene rings is 1. The average Bonchev–Trinajstić information content (AvgIpc) is 3.73. The first-order valence-corrected chi connectivity index (χ1v) is 30.3. The molecule has 2 nitrogen and oxygen atoms in total. The van der Waals surface area contributed by atoms with E-state index in [-0.39, 0.29) is 50.0 Å². The van der Waals surface area contributed by atoms with E-state index >= 15 is 0 Å². The molecule has 0 spiro atoms. The van der Waals surface area contributed by atoms with E-state index in [0.717, 1.165) is 13.0 Å². The van der Waals surface area contributed by atoms with Crippen LogP contribution in [0.25, 0.3) is 21.2 Å². The van der Waals surface area contributed by atoms with Crippen molar-refractivity contribution in [2.75, 3.05) is 9.80 Å². The lowest BCUT2D eigenvalue weighted by molar-refractivity contribution is 0.188. The van der Waals surface area contributed by atoms with Crippen molar-refractivity contribution in [1.82, 2.24) is 0 Å². The monoisotopic (exact) mass is 1020 g/mol. The van der Waals surface area contributed by atoms with Gasteiger partial charge in [-0.3, -0.25) is 0 Å². The highest BCUT2D eigenvalue weighted by Crippen LogP contribution is 2.59. The van der Waals surface area contributed by atoms with Crippen LogP contribution in [0.1, 0.15) is 212 Å². The Hall–Kier alpha value is -5.06. The molecule has 7 aromatic rings. The third-order valence-corrected chi connectivity index (χ3v) is 22.1. The lowest BCUT2D eigenvalue weighted by Gasteiger charge is -2.52. The molecule has 0 N–H and O–H groups in total. The number of hydrogen-bond donors (Lipinski definition) is 0. The standard InChI is InChI=1S/C72H85BN2S/c1-65(2,3)42-44-34-59-62-60(35-44)75(48-24-25-51-52(37-48)68(9,10)27-26-67(51,7)8)58-40-54-53(69(11,12)28-29-70(54,13)14)39-57(58)73(62)64-63(50-38-55-56(41-61(50)76-64)72(16)32-30-71(55,15)31-33-72)74(59)43-46-22-23-47(66(4,5)6)36-49(46)45-20-18-17-19-21-45/h17-25,34-41H,26-33,42-43H2,1-16H3. The van der Waals surface area contributed by atoms with Crippen molar-refractivity contribution in [2.45, 2.75) is 213 Å². The molecule has 0 saturated heterocycles. The summed E-state index contributed by atoms with van der Waals surface area (Å²) in [4.78, 5) is 5.65. The Morgan fingerprint density at radius 3 is 1.72 bits per heavy atom. The van der Waals surface area contributed by atoms with Crippen molar-refractivity contribution in [3.63, 3.8) is 0 Å². The number of anilines is 5. The molecular weight excluding hydrogens is 936 g/mol. The first kappa shape index (κ1) is 50.4. The molecule has 2 bridgehead atoms. The van der Waals surface area contributed by atoms with Crippen LogP contribution in [0.3, 0.4) is 0 Å². The first-order chi connectivity index (χ1) is 35.6. The average molecular weight is 1020 g/mol. The van der Waals surface area contributed by atoms with Gasteiger partial charge in [-0.25, -0.2) is 0 Å². The van der Waals surface area contributed by atoms with Crippen LogP contribution in [0.5, 0.6) is 0 Å². The van der Waals surface area contributed by atoms with Crippen LogP contribution in [-0.4, -0.2) is 6.71 Å². The fraction of sp³-hybridized carbons (Fsp3) is 0.472. The third-order valence-electron chi connectivity index (χ3n) is 20.9. The van der Waals surface area contributed by atoms with E-state index in [0.29, 0.717) is 0 Å². The fourth-order valence-corrected chi connectivity index (χ4v) is 17.1. The molecule has 4 heteroatoms. The summed E-state index contributed by atoms with van der Waals surface area (Å²) in [6.45, 7) is 40.5. The summed E-state index contributed by atoms with van der Waals surface area (Å²) in [6.07, 6.45) is 10.9. The summed E-state index contributed by atoms with van der Waals surface area (Å²) in [5, 5.41) is 1.46. The smallest absolute Gasteiger partial charge is 0.264 e. The van der Waals surface area contributed by atoms with Gasteiger partial charge in [0.15, 0.2) is 0 Å². The van der Waals surface area contributed by atoms with Crippen LogP contribution in [0.15, 0.2) is 103 Å². The number of hydrogen-bond acceptors (Lipinski definition) is 3. The summed E-state index contributed by atoms with van der Waals surface area (Å²) in [7, 11) is 0. The van der Waals surface area contributed by atoms with Crippen molar-refractivity contribution in [3.05, 3.63) is 153 Å². The summed E-state index contributed by atoms with van der Waals surface area (Å²) >= 11 is 2.13. The highest BCUT2D eigenvalue weighted by molar-refractivity contribution is 7.33. The molecule has 1 saturated carbocycles. The Morgan fingerprint density at radius 2 is 1.11 bits per heavy atom. The molecule has 392 valence electrons. The predicted octanol–water partition coefficient (Wildman–Crippen LogP) is 18.2. The molecule has 0 atom stereocenters. The van der Waals surface area contributed by atoms with Crippen molar-refractivity contribution in [1.29, 1.82) is 0 Å². The molecule has 14 rings (SSSR count). The molecular formula is C72H85BN2S. The van der Waals surface area contributed by atoms with Crippen LogP contribution in [0.2, 0.25) is 0 Å². The normalized spacial score (nSPS) is 23.1. The summed E-state index contributed by atoms with van der Waals surface area (Å²) in [5.41, 5.74) is 26.9. The van der Waals surface area contributed by atoms with E-state index in [2.05, 4.69) is 235 Å². The molecule has 1 fully saturated rings. The Bertz CT molecular complexity index is 3560. The van der Waals surface area contributed by atoms with Crippen molar-refractivity contribution in [3.8, 4) is 11.1 Å².